The zero-order valence-corrected chi connectivity index (χ0v) is 18.9. The van der Waals surface area contributed by atoms with Gasteiger partial charge < -0.3 is 9.32 Å². The van der Waals surface area contributed by atoms with Gasteiger partial charge in [0, 0.05) is 37.6 Å². The molecule has 33 heavy (non-hydrogen) atoms. The van der Waals surface area contributed by atoms with Crippen LogP contribution in [0.4, 0.5) is 5.13 Å². The summed E-state index contributed by atoms with van der Waals surface area (Å²) in [5, 5.41) is 1.97. The molecule has 0 radical (unpaired) electrons. The molecular weight excluding hydrogens is 430 g/mol. The number of benzene rings is 3. The molecule has 2 aromatic heterocycles. The van der Waals surface area contributed by atoms with Gasteiger partial charge in [0.15, 0.2) is 5.13 Å². The lowest BCUT2D eigenvalue weighted by Gasteiger charge is -2.39. The first-order chi connectivity index (χ1) is 16.3. The number of anilines is 1. The standard InChI is InChI=1S/C27H23N3O2S/c31-24-14-11-21-23(32-24)13-12-22-26(21)33-27(28-22)30-17-15-29(16-18-30)25(19-7-3-1-4-8-19)20-9-5-2-6-10-20/h1-14,25H,15-18H2. The van der Waals surface area contributed by atoms with E-state index in [-0.39, 0.29) is 11.7 Å². The van der Waals surface area contributed by atoms with Gasteiger partial charge in [0.05, 0.1) is 16.3 Å². The Hall–Kier alpha value is -3.48. The van der Waals surface area contributed by atoms with E-state index in [1.54, 1.807) is 11.3 Å². The third-order valence-corrected chi connectivity index (χ3v) is 7.49. The van der Waals surface area contributed by atoms with Crippen LogP contribution in [-0.4, -0.2) is 36.1 Å². The molecule has 0 aliphatic carbocycles. The topological polar surface area (TPSA) is 49.6 Å². The average molecular weight is 454 g/mol. The molecule has 1 fully saturated rings. The van der Waals surface area contributed by atoms with E-state index in [1.165, 1.54) is 17.2 Å². The summed E-state index contributed by atoms with van der Waals surface area (Å²) in [4.78, 5) is 21.4. The maximum atomic E-state index is 11.6. The normalized spacial score (nSPS) is 15.0. The maximum absolute atomic E-state index is 11.6. The first-order valence-electron chi connectivity index (χ1n) is 11.2. The molecule has 164 valence electrons. The van der Waals surface area contributed by atoms with Gasteiger partial charge in [-0.25, -0.2) is 9.78 Å². The first-order valence-corrected chi connectivity index (χ1v) is 12.0. The smallest absolute Gasteiger partial charge is 0.336 e. The number of fused-ring (bicyclic) bond motifs is 3. The molecule has 6 rings (SSSR count). The predicted molar refractivity (Wildman–Crippen MR) is 134 cm³/mol. The van der Waals surface area contributed by atoms with Gasteiger partial charge in [-0.3, -0.25) is 4.90 Å². The van der Waals surface area contributed by atoms with Crippen LogP contribution in [0.15, 0.2) is 94.1 Å². The van der Waals surface area contributed by atoms with E-state index in [2.05, 4.69) is 70.5 Å². The van der Waals surface area contributed by atoms with E-state index in [0.717, 1.165) is 46.9 Å². The second-order valence-electron chi connectivity index (χ2n) is 8.32. The molecule has 3 aromatic carbocycles. The third-order valence-electron chi connectivity index (χ3n) is 6.32. The van der Waals surface area contributed by atoms with Gasteiger partial charge in [0.25, 0.3) is 0 Å². The molecule has 0 unspecified atom stereocenters. The summed E-state index contributed by atoms with van der Waals surface area (Å²) < 4.78 is 6.42. The van der Waals surface area contributed by atoms with Crippen molar-refractivity contribution in [3.05, 3.63) is 106 Å². The minimum atomic E-state index is -0.325. The number of piperazine rings is 1. The summed E-state index contributed by atoms with van der Waals surface area (Å²) in [7, 11) is 0. The molecule has 3 heterocycles. The van der Waals surface area contributed by atoms with Crippen molar-refractivity contribution in [2.45, 2.75) is 6.04 Å². The molecule has 0 N–H and O–H groups in total. The van der Waals surface area contributed by atoms with Crippen molar-refractivity contribution in [2.24, 2.45) is 0 Å². The van der Waals surface area contributed by atoms with Crippen molar-refractivity contribution in [1.29, 1.82) is 0 Å². The Morgan fingerprint density at radius 2 is 1.45 bits per heavy atom. The minimum absolute atomic E-state index is 0.247. The number of aromatic nitrogens is 1. The third kappa shape index (κ3) is 3.81. The number of nitrogens with zero attached hydrogens (tertiary/aromatic N) is 3. The fourth-order valence-corrected chi connectivity index (χ4v) is 5.85. The average Bonchev–Trinajstić information content (AvgIpc) is 3.31. The lowest BCUT2D eigenvalue weighted by Crippen LogP contribution is -2.47. The highest BCUT2D eigenvalue weighted by Crippen LogP contribution is 2.35. The summed E-state index contributed by atoms with van der Waals surface area (Å²) in [6.45, 7) is 3.76. The fourth-order valence-electron chi connectivity index (χ4n) is 4.71. The molecule has 0 atom stereocenters. The second-order valence-corrected chi connectivity index (χ2v) is 9.30. The quantitative estimate of drug-likeness (QED) is 0.345. The molecule has 1 aliphatic rings. The van der Waals surface area contributed by atoms with Crippen molar-refractivity contribution in [3.63, 3.8) is 0 Å². The van der Waals surface area contributed by atoms with Crippen LogP contribution < -0.4 is 10.5 Å². The summed E-state index contributed by atoms with van der Waals surface area (Å²) in [6.07, 6.45) is 0. The Morgan fingerprint density at radius 3 is 2.12 bits per heavy atom. The summed E-state index contributed by atoms with van der Waals surface area (Å²) in [5.74, 6) is 0. The molecule has 1 aliphatic heterocycles. The maximum Gasteiger partial charge on any atom is 0.336 e. The van der Waals surface area contributed by atoms with Crippen LogP contribution in [0.25, 0.3) is 21.2 Å². The van der Waals surface area contributed by atoms with E-state index in [0.29, 0.717) is 5.58 Å². The highest BCUT2D eigenvalue weighted by atomic mass is 32.1. The van der Waals surface area contributed by atoms with Crippen LogP contribution in [-0.2, 0) is 0 Å². The molecule has 0 bridgehead atoms. The fraction of sp³-hybridized carbons (Fsp3) is 0.185. The van der Waals surface area contributed by atoms with Gasteiger partial charge in [0.2, 0.25) is 0 Å². The lowest BCUT2D eigenvalue weighted by atomic mass is 9.96. The molecule has 0 saturated carbocycles. The number of thiazole rings is 1. The van der Waals surface area contributed by atoms with Crippen molar-refractivity contribution >= 4 is 37.7 Å². The Labute approximate surface area is 195 Å². The lowest BCUT2D eigenvalue weighted by molar-refractivity contribution is 0.212. The van der Waals surface area contributed by atoms with Gasteiger partial charge in [-0.2, -0.15) is 0 Å². The van der Waals surface area contributed by atoms with Gasteiger partial charge >= 0.3 is 5.63 Å². The van der Waals surface area contributed by atoms with E-state index < -0.39 is 0 Å². The largest absolute Gasteiger partial charge is 0.423 e. The first kappa shape index (κ1) is 20.1. The van der Waals surface area contributed by atoms with E-state index >= 15 is 0 Å². The predicted octanol–water partition coefficient (Wildman–Crippen LogP) is 5.31. The second kappa shape index (κ2) is 8.46. The Bertz CT molecular complexity index is 1420. The molecule has 5 aromatic rings. The van der Waals surface area contributed by atoms with Crippen LogP contribution in [0.2, 0.25) is 0 Å². The monoisotopic (exact) mass is 453 g/mol. The van der Waals surface area contributed by atoms with Gasteiger partial charge in [-0.15, -0.1) is 0 Å². The van der Waals surface area contributed by atoms with Gasteiger partial charge in [0.1, 0.15) is 5.58 Å². The van der Waals surface area contributed by atoms with Crippen molar-refractivity contribution in [1.82, 2.24) is 9.88 Å². The Kier molecular flexibility index (Phi) is 5.17. The molecule has 1 saturated heterocycles. The minimum Gasteiger partial charge on any atom is -0.423 e. The van der Waals surface area contributed by atoms with E-state index in [1.807, 2.05) is 18.2 Å². The zero-order chi connectivity index (χ0) is 22.2. The zero-order valence-electron chi connectivity index (χ0n) is 18.1. The molecular formula is C27H23N3O2S. The SMILES string of the molecule is O=c1ccc2c(ccc3nc(N4CCN(C(c5ccccc5)c5ccccc5)CC4)sc32)o1. The van der Waals surface area contributed by atoms with Crippen LogP contribution in [0.5, 0.6) is 0 Å². The Balaban J connectivity index is 1.27. The van der Waals surface area contributed by atoms with Gasteiger partial charge in [-0.05, 0) is 29.3 Å². The van der Waals surface area contributed by atoms with Crippen LogP contribution in [0.1, 0.15) is 17.2 Å². The summed E-state index contributed by atoms with van der Waals surface area (Å²) >= 11 is 1.68. The van der Waals surface area contributed by atoms with Crippen LogP contribution >= 0.6 is 11.3 Å². The Morgan fingerprint density at radius 1 is 0.788 bits per heavy atom. The molecule has 0 amide bonds. The van der Waals surface area contributed by atoms with Gasteiger partial charge in [-0.1, -0.05) is 72.0 Å². The number of hydrogen-bond acceptors (Lipinski definition) is 6. The molecule has 6 heteroatoms. The van der Waals surface area contributed by atoms with E-state index in [9.17, 15) is 4.79 Å². The van der Waals surface area contributed by atoms with E-state index in [4.69, 9.17) is 9.40 Å². The van der Waals surface area contributed by atoms with Crippen LogP contribution in [0, 0.1) is 0 Å². The number of hydrogen-bond donors (Lipinski definition) is 0. The summed E-state index contributed by atoms with van der Waals surface area (Å²) in [5.41, 5.74) is 3.89. The molecule has 0 spiro atoms. The van der Waals surface area contributed by atoms with Crippen molar-refractivity contribution in [3.8, 4) is 0 Å². The van der Waals surface area contributed by atoms with Crippen molar-refractivity contribution in [2.75, 3.05) is 31.1 Å². The van der Waals surface area contributed by atoms with Crippen LogP contribution in [0.3, 0.4) is 0 Å². The summed E-state index contributed by atoms with van der Waals surface area (Å²) in [6, 6.07) is 28.9. The highest BCUT2D eigenvalue weighted by Gasteiger charge is 2.27. The molecule has 5 nitrogen and oxygen atoms in total. The highest BCUT2D eigenvalue weighted by molar-refractivity contribution is 7.23. The number of rotatable bonds is 4. The van der Waals surface area contributed by atoms with Crippen molar-refractivity contribution < 1.29 is 4.42 Å².